The molecule has 8 heteroatoms. The lowest BCUT2D eigenvalue weighted by molar-refractivity contribution is -0.124. The lowest BCUT2D eigenvalue weighted by Crippen LogP contribution is -2.43. The predicted octanol–water partition coefficient (Wildman–Crippen LogP) is 1.21. The van der Waals surface area contributed by atoms with Crippen molar-refractivity contribution in [3.63, 3.8) is 0 Å². The van der Waals surface area contributed by atoms with Gasteiger partial charge in [0.25, 0.3) is 12.3 Å². The van der Waals surface area contributed by atoms with Gasteiger partial charge in [-0.1, -0.05) is 6.07 Å². The SMILES string of the molecule is Cc1cc(C=O)ccc1C(=O)NCC(=O)NC(F)C(F)F. The molecule has 1 aromatic rings. The summed E-state index contributed by atoms with van der Waals surface area (Å²) in [7, 11) is 0. The number of aryl methyl sites for hydroxylation is 1. The van der Waals surface area contributed by atoms with Crippen LogP contribution in [0.25, 0.3) is 0 Å². The van der Waals surface area contributed by atoms with Gasteiger partial charge in [-0.2, -0.15) is 0 Å². The summed E-state index contributed by atoms with van der Waals surface area (Å²) in [5.41, 5.74) is 1.12. The highest BCUT2D eigenvalue weighted by molar-refractivity contribution is 5.98. The number of carbonyl (C=O) groups is 3. The summed E-state index contributed by atoms with van der Waals surface area (Å²) >= 11 is 0. The van der Waals surface area contributed by atoms with Gasteiger partial charge in [0.1, 0.15) is 6.29 Å². The summed E-state index contributed by atoms with van der Waals surface area (Å²) < 4.78 is 36.3. The number of benzene rings is 1. The first kappa shape index (κ1) is 16.7. The minimum Gasteiger partial charge on any atom is -0.343 e. The third kappa shape index (κ3) is 4.90. The number of halogens is 3. The molecule has 5 nitrogen and oxygen atoms in total. The molecule has 1 rings (SSSR count). The van der Waals surface area contributed by atoms with Crippen LogP contribution in [0.2, 0.25) is 0 Å². The van der Waals surface area contributed by atoms with Crippen LogP contribution >= 0.6 is 0 Å². The van der Waals surface area contributed by atoms with Crippen LogP contribution in [-0.4, -0.2) is 37.4 Å². The van der Waals surface area contributed by atoms with Crippen molar-refractivity contribution in [1.82, 2.24) is 10.6 Å². The van der Waals surface area contributed by atoms with Gasteiger partial charge in [0.05, 0.1) is 6.54 Å². The Kier molecular flexibility index (Phi) is 5.89. The summed E-state index contributed by atoms with van der Waals surface area (Å²) in [6.45, 7) is 0.956. The van der Waals surface area contributed by atoms with Gasteiger partial charge < -0.3 is 10.6 Å². The highest BCUT2D eigenvalue weighted by Gasteiger charge is 2.21. The molecule has 0 fully saturated rings. The molecular weight excluding hydrogens is 289 g/mol. The van der Waals surface area contributed by atoms with Crippen molar-refractivity contribution in [3.8, 4) is 0 Å². The summed E-state index contributed by atoms with van der Waals surface area (Å²) in [5, 5.41) is 3.57. The Morgan fingerprint density at radius 3 is 2.48 bits per heavy atom. The molecule has 0 spiro atoms. The number of aldehydes is 1. The third-order valence-electron chi connectivity index (χ3n) is 2.56. The van der Waals surface area contributed by atoms with Crippen molar-refractivity contribution in [2.24, 2.45) is 0 Å². The Balaban J connectivity index is 2.58. The van der Waals surface area contributed by atoms with E-state index in [2.05, 4.69) is 5.32 Å². The average Bonchev–Trinajstić information content (AvgIpc) is 2.44. The maximum atomic E-state index is 12.5. The van der Waals surface area contributed by atoms with Gasteiger partial charge in [-0.3, -0.25) is 14.4 Å². The fraction of sp³-hybridized carbons (Fsp3) is 0.308. The van der Waals surface area contributed by atoms with E-state index in [4.69, 9.17) is 0 Å². The number of hydrogen-bond donors (Lipinski definition) is 2. The molecule has 0 saturated carbocycles. The number of carbonyl (C=O) groups excluding carboxylic acids is 3. The average molecular weight is 302 g/mol. The summed E-state index contributed by atoms with van der Waals surface area (Å²) in [4.78, 5) is 33.5. The minimum atomic E-state index is -3.33. The summed E-state index contributed by atoms with van der Waals surface area (Å²) in [6, 6.07) is 4.29. The Hall–Kier alpha value is -2.38. The van der Waals surface area contributed by atoms with E-state index in [9.17, 15) is 27.6 Å². The first-order valence-corrected chi connectivity index (χ1v) is 5.90. The zero-order valence-electron chi connectivity index (χ0n) is 11.0. The number of hydrogen-bond acceptors (Lipinski definition) is 3. The molecule has 1 atom stereocenters. The van der Waals surface area contributed by atoms with Gasteiger partial charge >= 0.3 is 0 Å². The fourth-order valence-electron chi connectivity index (χ4n) is 1.54. The second kappa shape index (κ2) is 7.41. The standard InChI is InChI=1S/C13H13F3N2O3/c1-7-4-8(6-19)2-3-9(7)13(21)17-5-10(20)18-12(16)11(14)15/h2-4,6,11-12H,5H2,1H3,(H,17,21)(H,18,20). The largest absolute Gasteiger partial charge is 0.343 e. The van der Waals surface area contributed by atoms with E-state index in [1.807, 2.05) is 0 Å². The predicted molar refractivity (Wildman–Crippen MR) is 67.9 cm³/mol. The Bertz CT molecular complexity index is 549. The molecule has 0 saturated heterocycles. The number of amides is 2. The molecule has 0 radical (unpaired) electrons. The summed E-state index contributed by atoms with van der Waals surface area (Å²) in [5.74, 6) is -1.70. The van der Waals surface area contributed by atoms with Gasteiger partial charge in [0, 0.05) is 11.1 Å². The van der Waals surface area contributed by atoms with Crippen LogP contribution in [0, 0.1) is 6.92 Å². The lowest BCUT2D eigenvalue weighted by atomic mass is 10.1. The number of rotatable bonds is 6. The van der Waals surface area contributed by atoms with E-state index in [1.165, 1.54) is 23.5 Å². The van der Waals surface area contributed by atoms with Crippen molar-refractivity contribution < 1.29 is 27.6 Å². The quantitative estimate of drug-likeness (QED) is 0.613. The maximum Gasteiger partial charge on any atom is 0.287 e. The highest BCUT2D eigenvalue weighted by atomic mass is 19.3. The van der Waals surface area contributed by atoms with E-state index in [0.29, 0.717) is 17.4 Å². The van der Waals surface area contributed by atoms with Crippen LogP contribution in [-0.2, 0) is 4.79 Å². The molecule has 21 heavy (non-hydrogen) atoms. The molecule has 0 bridgehead atoms. The van der Waals surface area contributed by atoms with Crippen LogP contribution in [0.4, 0.5) is 13.2 Å². The van der Waals surface area contributed by atoms with E-state index < -0.39 is 31.1 Å². The van der Waals surface area contributed by atoms with Crippen molar-refractivity contribution in [1.29, 1.82) is 0 Å². The smallest absolute Gasteiger partial charge is 0.287 e. The van der Waals surface area contributed by atoms with Crippen molar-refractivity contribution in [3.05, 3.63) is 34.9 Å². The molecule has 1 unspecified atom stereocenters. The van der Waals surface area contributed by atoms with Crippen molar-refractivity contribution in [2.45, 2.75) is 19.6 Å². The van der Waals surface area contributed by atoms with E-state index >= 15 is 0 Å². The minimum absolute atomic E-state index is 0.221. The molecule has 0 aromatic heterocycles. The van der Waals surface area contributed by atoms with Crippen molar-refractivity contribution in [2.75, 3.05) is 6.54 Å². The first-order chi connectivity index (χ1) is 9.85. The molecule has 0 aliphatic carbocycles. The number of alkyl halides is 3. The molecular formula is C13H13F3N2O3. The zero-order valence-corrected chi connectivity index (χ0v) is 11.0. The Labute approximate surface area is 118 Å². The van der Waals surface area contributed by atoms with E-state index in [-0.39, 0.29) is 5.56 Å². The van der Waals surface area contributed by atoms with Crippen molar-refractivity contribution >= 4 is 18.1 Å². The third-order valence-corrected chi connectivity index (χ3v) is 2.56. The highest BCUT2D eigenvalue weighted by Crippen LogP contribution is 2.09. The Morgan fingerprint density at radius 2 is 1.95 bits per heavy atom. The fourth-order valence-corrected chi connectivity index (χ4v) is 1.54. The molecule has 114 valence electrons. The lowest BCUT2D eigenvalue weighted by Gasteiger charge is -2.11. The Morgan fingerprint density at radius 1 is 1.29 bits per heavy atom. The van der Waals surface area contributed by atoms with E-state index in [1.54, 1.807) is 6.92 Å². The monoisotopic (exact) mass is 302 g/mol. The molecule has 2 N–H and O–H groups in total. The van der Waals surface area contributed by atoms with Gasteiger partial charge in [-0.05, 0) is 24.6 Å². The second-order valence-corrected chi connectivity index (χ2v) is 4.18. The van der Waals surface area contributed by atoms with Crippen LogP contribution in [0.1, 0.15) is 26.3 Å². The van der Waals surface area contributed by atoms with Gasteiger partial charge in [-0.25, -0.2) is 13.2 Å². The van der Waals surface area contributed by atoms with Crippen LogP contribution in [0.5, 0.6) is 0 Å². The molecule has 2 amide bonds. The van der Waals surface area contributed by atoms with Gasteiger partial charge in [0.2, 0.25) is 12.2 Å². The van der Waals surface area contributed by atoms with E-state index in [0.717, 1.165) is 0 Å². The maximum absolute atomic E-state index is 12.5. The van der Waals surface area contributed by atoms with Crippen LogP contribution < -0.4 is 10.6 Å². The summed E-state index contributed by atoms with van der Waals surface area (Å²) in [6.07, 6.45) is -5.49. The van der Waals surface area contributed by atoms with Gasteiger partial charge in [-0.15, -0.1) is 0 Å². The zero-order chi connectivity index (χ0) is 16.0. The first-order valence-electron chi connectivity index (χ1n) is 5.90. The topological polar surface area (TPSA) is 75.3 Å². The second-order valence-electron chi connectivity index (χ2n) is 4.18. The molecule has 0 aliphatic rings. The molecule has 0 aliphatic heterocycles. The molecule has 0 heterocycles. The van der Waals surface area contributed by atoms with Crippen LogP contribution in [0.3, 0.4) is 0 Å². The molecule has 1 aromatic carbocycles. The normalized spacial score (nSPS) is 11.9. The number of nitrogens with one attached hydrogen (secondary N) is 2. The van der Waals surface area contributed by atoms with Gasteiger partial charge in [0.15, 0.2) is 0 Å². The van der Waals surface area contributed by atoms with Crippen LogP contribution in [0.15, 0.2) is 18.2 Å².